The summed E-state index contributed by atoms with van der Waals surface area (Å²) >= 11 is 0. The maximum Gasteiger partial charge on any atom is 0.122 e. The Balaban J connectivity index is 1.95. The number of aliphatic hydroxyl groups is 3. The van der Waals surface area contributed by atoms with Gasteiger partial charge in [0, 0.05) is 6.61 Å². The third-order valence-electron chi connectivity index (χ3n) is 4.08. The van der Waals surface area contributed by atoms with Gasteiger partial charge in [0.25, 0.3) is 0 Å². The van der Waals surface area contributed by atoms with Gasteiger partial charge in [0.15, 0.2) is 0 Å². The van der Waals surface area contributed by atoms with Crippen LogP contribution in [0.1, 0.15) is 5.56 Å². The first-order chi connectivity index (χ1) is 14.3. The molecular formula is C22H30O7. The molecule has 0 spiro atoms. The molecule has 0 aliphatic heterocycles. The summed E-state index contributed by atoms with van der Waals surface area (Å²) in [6.45, 7) is 2.27. The normalized spacial score (nSPS) is 10.9. The lowest BCUT2D eigenvalue weighted by Gasteiger charge is -2.13. The van der Waals surface area contributed by atoms with Crippen LogP contribution in [-0.2, 0) is 15.9 Å². The van der Waals surface area contributed by atoms with Gasteiger partial charge in [0.2, 0.25) is 0 Å². The Kier molecular flexibility index (Phi) is 11.1. The topological polar surface area (TPSA) is 97.6 Å². The zero-order chi connectivity index (χ0) is 20.7. The minimum atomic E-state index is -0.00815. The van der Waals surface area contributed by atoms with E-state index in [1.165, 1.54) is 0 Å². The van der Waals surface area contributed by atoms with E-state index in [2.05, 4.69) is 0 Å². The molecule has 0 bridgehead atoms. The molecule has 0 unspecified atom stereocenters. The summed E-state index contributed by atoms with van der Waals surface area (Å²) in [4.78, 5) is 0. The quantitative estimate of drug-likeness (QED) is 0.387. The molecule has 0 fully saturated rings. The highest BCUT2D eigenvalue weighted by atomic mass is 16.5. The summed E-state index contributed by atoms with van der Waals surface area (Å²) in [5.41, 5.74) is 2.98. The van der Waals surface area contributed by atoms with Crippen LogP contribution in [0.25, 0.3) is 11.1 Å². The summed E-state index contributed by atoms with van der Waals surface area (Å²) in [7, 11) is 0. The van der Waals surface area contributed by atoms with E-state index < -0.39 is 0 Å². The largest absolute Gasteiger partial charge is 0.491 e. The molecule has 3 N–H and O–H groups in total. The molecular weight excluding hydrogens is 376 g/mol. The van der Waals surface area contributed by atoms with Crippen molar-refractivity contribution in [2.75, 3.05) is 59.5 Å². The predicted octanol–water partition coefficient (Wildman–Crippen LogP) is 1.66. The fraction of sp³-hybridized carbons (Fsp3) is 0.455. The molecule has 2 aromatic rings. The van der Waals surface area contributed by atoms with E-state index in [-0.39, 0.29) is 19.8 Å². The van der Waals surface area contributed by atoms with Crippen molar-refractivity contribution in [3.63, 3.8) is 0 Å². The fourth-order valence-electron chi connectivity index (χ4n) is 2.72. The number of hydrogen-bond acceptors (Lipinski definition) is 7. The molecule has 0 saturated heterocycles. The molecule has 2 aromatic carbocycles. The van der Waals surface area contributed by atoms with Crippen molar-refractivity contribution in [1.82, 2.24) is 0 Å². The van der Waals surface area contributed by atoms with Gasteiger partial charge in [-0.15, -0.1) is 0 Å². The van der Waals surface area contributed by atoms with Crippen LogP contribution in [0.15, 0.2) is 42.5 Å². The summed E-state index contributed by atoms with van der Waals surface area (Å²) in [5, 5.41) is 26.7. The van der Waals surface area contributed by atoms with Gasteiger partial charge in [-0.2, -0.15) is 0 Å². The second-order valence-electron chi connectivity index (χ2n) is 6.19. The molecule has 0 saturated carbocycles. The van der Waals surface area contributed by atoms with Crippen molar-refractivity contribution in [2.24, 2.45) is 0 Å². The molecule has 0 heterocycles. The van der Waals surface area contributed by atoms with E-state index in [1.54, 1.807) is 0 Å². The van der Waals surface area contributed by atoms with Crippen LogP contribution >= 0.6 is 0 Å². The van der Waals surface area contributed by atoms with E-state index in [1.807, 2.05) is 42.5 Å². The van der Waals surface area contributed by atoms with Crippen LogP contribution < -0.4 is 9.47 Å². The Morgan fingerprint density at radius 2 is 1.21 bits per heavy atom. The number of aliphatic hydroxyl groups excluding tert-OH is 3. The van der Waals surface area contributed by atoms with Gasteiger partial charge >= 0.3 is 0 Å². The summed E-state index contributed by atoms with van der Waals surface area (Å²) in [6, 6.07) is 13.6. The summed E-state index contributed by atoms with van der Waals surface area (Å²) < 4.78 is 21.7. The number of benzene rings is 2. The van der Waals surface area contributed by atoms with Crippen LogP contribution in [0.2, 0.25) is 0 Å². The molecule has 160 valence electrons. The maximum atomic E-state index is 9.37. The lowest BCUT2D eigenvalue weighted by atomic mass is 10.0. The molecule has 29 heavy (non-hydrogen) atoms. The molecule has 0 aliphatic carbocycles. The maximum absolute atomic E-state index is 9.37. The number of ether oxygens (including phenoxy) is 4. The second-order valence-corrected chi connectivity index (χ2v) is 6.19. The number of hydrogen-bond donors (Lipinski definition) is 3. The first-order valence-corrected chi connectivity index (χ1v) is 9.75. The SMILES string of the molecule is OCCOCCOc1ccc(-c2ccc(OCCOCCO)c(CCO)c2)cc1. The molecule has 0 atom stereocenters. The van der Waals surface area contributed by atoms with Crippen LogP contribution in [0.3, 0.4) is 0 Å². The standard InChI is InChI=1S/C22H30O7/c23-8-7-20-17-19(3-6-22(20)29-16-14-27-12-10-25)18-1-4-21(5-2-18)28-15-13-26-11-9-24/h1-6,17,23-25H,7-16H2. The first kappa shape index (κ1) is 23.1. The van der Waals surface area contributed by atoms with Gasteiger partial charge < -0.3 is 34.3 Å². The Morgan fingerprint density at radius 1 is 0.586 bits per heavy atom. The smallest absolute Gasteiger partial charge is 0.122 e. The first-order valence-electron chi connectivity index (χ1n) is 9.75. The van der Waals surface area contributed by atoms with Crippen LogP contribution in [0.5, 0.6) is 11.5 Å². The Labute approximate surface area is 171 Å². The van der Waals surface area contributed by atoms with Crippen molar-refractivity contribution in [1.29, 1.82) is 0 Å². The summed E-state index contributed by atoms with van der Waals surface area (Å²) in [6.07, 6.45) is 0.496. The third kappa shape index (κ3) is 8.39. The Morgan fingerprint density at radius 3 is 1.83 bits per heavy atom. The summed E-state index contributed by atoms with van der Waals surface area (Å²) in [5.74, 6) is 1.47. The lowest BCUT2D eigenvalue weighted by Crippen LogP contribution is -2.10. The number of rotatable bonds is 15. The van der Waals surface area contributed by atoms with Gasteiger partial charge in [-0.3, -0.25) is 0 Å². The van der Waals surface area contributed by atoms with Gasteiger partial charge in [0.05, 0.1) is 39.6 Å². The van der Waals surface area contributed by atoms with Crippen LogP contribution in [0, 0.1) is 0 Å². The van der Waals surface area contributed by atoms with Crippen molar-refractivity contribution < 1.29 is 34.3 Å². The Bertz CT molecular complexity index is 688. The van der Waals surface area contributed by atoms with E-state index in [0.717, 1.165) is 28.2 Å². The lowest BCUT2D eigenvalue weighted by molar-refractivity contribution is 0.0702. The molecule has 7 heteroatoms. The average molecular weight is 406 g/mol. The van der Waals surface area contributed by atoms with Crippen molar-refractivity contribution >= 4 is 0 Å². The van der Waals surface area contributed by atoms with E-state index >= 15 is 0 Å². The van der Waals surface area contributed by atoms with Crippen molar-refractivity contribution in [2.45, 2.75) is 6.42 Å². The predicted molar refractivity (Wildman–Crippen MR) is 109 cm³/mol. The monoisotopic (exact) mass is 406 g/mol. The minimum Gasteiger partial charge on any atom is -0.491 e. The minimum absolute atomic E-state index is 0.00815. The van der Waals surface area contributed by atoms with E-state index in [9.17, 15) is 5.11 Å². The average Bonchev–Trinajstić information content (AvgIpc) is 2.75. The zero-order valence-corrected chi connectivity index (χ0v) is 16.6. The molecule has 0 aliphatic rings. The molecule has 2 rings (SSSR count). The van der Waals surface area contributed by atoms with Crippen molar-refractivity contribution in [3.05, 3.63) is 48.0 Å². The highest BCUT2D eigenvalue weighted by molar-refractivity contribution is 5.66. The van der Waals surface area contributed by atoms with Gasteiger partial charge in [-0.1, -0.05) is 18.2 Å². The fourth-order valence-corrected chi connectivity index (χ4v) is 2.72. The molecule has 0 amide bonds. The molecule has 0 aromatic heterocycles. The van der Waals surface area contributed by atoms with Crippen LogP contribution in [0.4, 0.5) is 0 Å². The zero-order valence-electron chi connectivity index (χ0n) is 16.6. The third-order valence-corrected chi connectivity index (χ3v) is 4.08. The second kappa shape index (κ2) is 13.9. The van der Waals surface area contributed by atoms with Gasteiger partial charge in [-0.25, -0.2) is 0 Å². The molecule has 0 radical (unpaired) electrons. The Hall–Kier alpha value is -2.16. The van der Waals surface area contributed by atoms with Crippen molar-refractivity contribution in [3.8, 4) is 22.6 Å². The highest BCUT2D eigenvalue weighted by Crippen LogP contribution is 2.28. The molecule has 7 nitrogen and oxygen atoms in total. The van der Waals surface area contributed by atoms with Crippen LogP contribution in [-0.4, -0.2) is 74.8 Å². The van der Waals surface area contributed by atoms with E-state index in [4.69, 9.17) is 29.2 Å². The van der Waals surface area contributed by atoms with Gasteiger partial charge in [-0.05, 0) is 47.4 Å². The highest BCUT2D eigenvalue weighted by Gasteiger charge is 2.07. The van der Waals surface area contributed by atoms with Gasteiger partial charge in [0.1, 0.15) is 24.7 Å². The van der Waals surface area contributed by atoms with E-state index in [0.29, 0.717) is 46.1 Å².